The lowest BCUT2D eigenvalue weighted by atomic mass is 9.91. The quantitative estimate of drug-likeness (QED) is 0.197. The highest BCUT2D eigenvalue weighted by Crippen LogP contribution is 2.39. The third-order valence-electron chi connectivity index (χ3n) is 8.26. The Balaban J connectivity index is 1.25. The highest BCUT2D eigenvalue weighted by Gasteiger charge is 2.22. The Morgan fingerprint density at radius 3 is 1.81 bits per heavy atom. The first kappa shape index (κ1) is 28.1. The minimum atomic E-state index is -0.272. The van der Waals surface area contributed by atoms with E-state index < -0.39 is 0 Å². The standard InChI is InChI=1S/C34H29Cl2N3O4/c1-18-23(24-6-4-8-26(19(24)2)34-38-30-14-21(17-40)12-28(36)32(30)43-34)5-3-7-25(18)33-37-29-13-20(11-27(35)31(29)42-33)15-39-10-9-22(41)16-39/h3-8,11-14,22,40-41H,9-10,15-17H2,1-2H3/t22-/m0/s1. The molecule has 1 aliphatic rings. The molecule has 0 amide bonds. The first-order chi connectivity index (χ1) is 20.8. The zero-order chi connectivity index (χ0) is 29.8. The van der Waals surface area contributed by atoms with Crippen molar-refractivity contribution in [2.45, 2.75) is 39.5 Å². The molecule has 4 aromatic carbocycles. The van der Waals surface area contributed by atoms with Crippen LogP contribution in [-0.2, 0) is 13.2 Å². The maximum absolute atomic E-state index is 9.90. The van der Waals surface area contributed by atoms with Gasteiger partial charge in [-0.05, 0) is 90.0 Å². The Bertz CT molecular complexity index is 2020. The van der Waals surface area contributed by atoms with Gasteiger partial charge in [-0.2, -0.15) is 0 Å². The van der Waals surface area contributed by atoms with Crippen LogP contribution in [0.1, 0.15) is 28.7 Å². The van der Waals surface area contributed by atoms with Crippen LogP contribution >= 0.6 is 23.2 Å². The summed E-state index contributed by atoms with van der Waals surface area (Å²) in [7, 11) is 0. The molecule has 7 nitrogen and oxygen atoms in total. The monoisotopic (exact) mass is 613 g/mol. The van der Waals surface area contributed by atoms with Crippen molar-refractivity contribution in [1.29, 1.82) is 0 Å². The van der Waals surface area contributed by atoms with E-state index in [2.05, 4.69) is 24.0 Å². The fourth-order valence-electron chi connectivity index (χ4n) is 6.04. The van der Waals surface area contributed by atoms with Gasteiger partial charge >= 0.3 is 0 Å². The third-order valence-corrected chi connectivity index (χ3v) is 8.83. The third kappa shape index (κ3) is 5.11. The molecule has 1 aliphatic heterocycles. The molecule has 9 heteroatoms. The van der Waals surface area contributed by atoms with Gasteiger partial charge in [-0.25, -0.2) is 9.97 Å². The molecule has 43 heavy (non-hydrogen) atoms. The summed E-state index contributed by atoms with van der Waals surface area (Å²) in [4.78, 5) is 11.8. The number of hydrogen-bond acceptors (Lipinski definition) is 7. The Hall–Kier alpha value is -3.72. The molecule has 0 saturated carbocycles. The van der Waals surface area contributed by atoms with Crippen LogP contribution in [0.25, 0.3) is 56.2 Å². The van der Waals surface area contributed by atoms with E-state index in [1.165, 1.54) is 0 Å². The fraction of sp³-hybridized carbons (Fsp3) is 0.235. The van der Waals surface area contributed by atoms with Gasteiger partial charge in [0, 0.05) is 30.8 Å². The Morgan fingerprint density at radius 2 is 1.30 bits per heavy atom. The summed E-state index contributed by atoms with van der Waals surface area (Å²) in [6, 6.07) is 19.5. The topological polar surface area (TPSA) is 95.8 Å². The Labute approximate surface area is 258 Å². The molecule has 3 heterocycles. The van der Waals surface area contributed by atoms with Crippen LogP contribution in [0, 0.1) is 13.8 Å². The van der Waals surface area contributed by atoms with Crippen LogP contribution in [0.5, 0.6) is 0 Å². The van der Waals surface area contributed by atoms with Crippen LogP contribution in [0.15, 0.2) is 69.5 Å². The molecule has 1 fully saturated rings. The van der Waals surface area contributed by atoms with Crippen molar-refractivity contribution in [2.75, 3.05) is 13.1 Å². The predicted octanol–water partition coefficient (Wildman–Crippen LogP) is 7.95. The maximum atomic E-state index is 9.90. The number of likely N-dealkylation sites (tertiary alicyclic amines) is 1. The van der Waals surface area contributed by atoms with Crippen molar-refractivity contribution in [3.05, 3.63) is 93.0 Å². The molecule has 7 rings (SSSR count). The average Bonchev–Trinajstić information content (AvgIpc) is 3.72. The van der Waals surface area contributed by atoms with E-state index in [1.54, 1.807) is 12.1 Å². The smallest absolute Gasteiger partial charge is 0.227 e. The highest BCUT2D eigenvalue weighted by molar-refractivity contribution is 6.35. The first-order valence-corrected chi connectivity index (χ1v) is 14.9. The summed E-state index contributed by atoms with van der Waals surface area (Å²) < 4.78 is 12.3. The summed E-state index contributed by atoms with van der Waals surface area (Å²) in [6.07, 6.45) is 0.516. The number of rotatable bonds is 6. The van der Waals surface area contributed by atoms with Crippen molar-refractivity contribution in [3.63, 3.8) is 0 Å². The number of fused-ring (bicyclic) bond motifs is 2. The highest BCUT2D eigenvalue weighted by atomic mass is 35.5. The summed E-state index contributed by atoms with van der Waals surface area (Å²) in [6.45, 7) is 6.21. The van der Waals surface area contributed by atoms with Gasteiger partial charge in [0.1, 0.15) is 11.0 Å². The second-order valence-electron chi connectivity index (χ2n) is 11.2. The molecule has 1 atom stereocenters. The largest absolute Gasteiger partial charge is 0.434 e. The van der Waals surface area contributed by atoms with Crippen molar-refractivity contribution in [3.8, 4) is 34.0 Å². The molecule has 0 bridgehead atoms. The number of aliphatic hydroxyl groups is 2. The van der Waals surface area contributed by atoms with Gasteiger partial charge in [0.2, 0.25) is 11.8 Å². The predicted molar refractivity (Wildman–Crippen MR) is 169 cm³/mol. The number of aliphatic hydroxyl groups excluding tert-OH is 2. The van der Waals surface area contributed by atoms with Crippen LogP contribution in [-0.4, -0.2) is 44.3 Å². The van der Waals surface area contributed by atoms with Gasteiger partial charge in [-0.1, -0.05) is 47.5 Å². The number of nitrogens with zero attached hydrogens (tertiary/aromatic N) is 3. The second-order valence-corrected chi connectivity index (χ2v) is 12.0. The normalized spacial score (nSPS) is 15.7. The molecular weight excluding hydrogens is 585 g/mol. The molecule has 0 aliphatic carbocycles. The molecule has 2 aromatic heterocycles. The number of hydrogen-bond donors (Lipinski definition) is 2. The average molecular weight is 615 g/mol. The zero-order valence-corrected chi connectivity index (χ0v) is 25.2. The lowest BCUT2D eigenvalue weighted by molar-refractivity contribution is 0.175. The van der Waals surface area contributed by atoms with E-state index in [4.69, 9.17) is 42.0 Å². The van der Waals surface area contributed by atoms with E-state index in [0.29, 0.717) is 62.7 Å². The van der Waals surface area contributed by atoms with Gasteiger partial charge in [-0.3, -0.25) is 4.90 Å². The first-order valence-electron chi connectivity index (χ1n) is 14.2. The molecular formula is C34H29Cl2N3O4. The van der Waals surface area contributed by atoms with Gasteiger partial charge in [0.05, 0.1) is 22.8 Å². The number of oxazole rings is 2. The van der Waals surface area contributed by atoms with E-state index in [1.807, 2.05) is 43.3 Å². The summed E-state index contributed by atoms with van der Waals surface area (Å²) in [5, 5.41) is 20.4. The Kier molecular flexibility index (Phi) is 7.24. The number of benzene rings is 4. The van der Waals surface area contributed by atoms with Gasteiger partial charge in [-0.15, -0.1) is 0 Å². The van der Waals surface area contributed by atoms with Gasteiger partial charge in [0.25, 0.3) is 0 Å². The summed E-state index contributed by atoms with van der Waals surface area (Å²) in [5.74, 6) is 0.972. The second kappa shape index (κ2) is 11.1. The van der Waals surface area contributed by atoms with E-state index in [0.717, 1.165) is 51.9 Å². The van der Waals surface area contributed by atoms with Crippen LogP contribution in [0.3, 0.4) is 0 Å². The zero-order valence-electron chi connectivity index (χ0n) is 23.7. The lowest BCUT2D eigenvalue weighted by Crippen LogP contribution is -2.21. The lowest BCUT2D eigenvalue weighted by Gasteiger charge is -2.14. The fourth-order valence-corrected chi connectivity index (χ4v) is 6.59. The molecule has 1 saturated heterocycles. The minimum absolute atomic E-state index is 0.126. The van der Waals surface area contributed by atoms with Gasteiger partial charge in [0.15, 0.2) is 11.2 Å². The van der Waals surface area contributed by atoms with E-state index >= 15 is 0 Å². The van der Waals surface area contributed by atoms with Crippen molar-refractivity contribution in [2.24, 2.45) is 0 Å². The molecule has 0 radical (unpaired) electrons. The summed E-state index contributed by atoms with van der Waals surface area (Å²) >= 11 is 13.1. The SMILES string of the molecule is Cc1c(-c2nc3cc(CO)cc(Cl)c3o2)cccc1-c1cccc(-c2nc3cc(CN4CC[C@H](O)C4)cc(Cl)c3o2)c1C. The number of halogens is 2. The molecule has 2 N–H and O–H groups in total. The van der Waals surface area contributed by atoms with Crippen molar-refractivity contribution in [1.82, 2.24) is 14.9 Å². The molecule has 0 spiro atoms. The van der Waals surface area contributed by atoms with Gasteiger partial charge < -0.3 is 19.0 Å². The van der Waals surface area contributed by atoms with Crippen molar-refractivity contribution < 1.29 is 19.0 Å². The van der Waals surface area contributed by atoms with E-state index in [-0.39, 0.29) is 12.7 Å². The molecule has 6 aromatic rings. The van der Waals surface area contributed by atoms with Crippen LogP contribution in [0.2, 0.25) is 10.0 Å². The summed E-state index contributed by atoms with van der Waals surface area (Å²) in [5.41, 5.74) is 9.91. The maximum Gasteiger partial charge on any atom is 0.227 e. The molecule has 0 unspecified atom stereocenters. The number of β-amino-alcohol motifs (C(OH)–C–C–N with tert-alkyl or cyclic N) is 1. The Morgan fingerprint density at radius 1 is 0.791 bits per heavy atom. The van der Waals surface area contributed by atoms with Crippen molar-refractivity contribution >= 4 is 45.4 Å². The van der Waals surface area contributed by atoms with Crippen LogP contribution in [0.4, 0.5) is 0 Å². The molecule has 218 valence electrons. The van der Waals surface area contributed by atoms with Crippen LogP contribution < -0.4 is 0 Å². The van der Waals surface area contributed by atoms with E-state index in [9.17, 15) is 10.2 Å². The number of aromatic nitrogens is 2. The minimum Gasteiger partial charge on any atom is -0.434 e.